The number of fused-ring (bicyclic) bond motifs is 1. The van der Waals surface area contributed by atoms with E-state index in [1.54, 1.807) is 6.07 Å². The molecule has 5 heteroatoms. The van der Waals surface area contributed by atoms with Crippen molar-refractivity contribution in [2.24, 2.45) is 0 Å². The number of hydrogen-bond acceptors (Lipinski definition) is 3. The smallest absolute Gasteiger partial charge is 0.266 e. The molecule has 1 aliphatic heterocycles. The second-order valence-electron chi connectivity index (χ2n) is 4.13. The molecule has 1 N–H and O–H groups in total. The van der Waals surface area contributed by atoms with Gasteiger partial charge in [0.05, 0.1) is 16.8 Å². The molecule has 3 rings (SSSR count). The van der Waals surface area contributed by atoms with Gasteiger partial charge < -0.3 is 5.11 Å². The van der Waals surface area contributed by atoms with Gasteiger partial charge in [0.15, 0.2) is 0 Å². The highest BCUT2D eigenvalue weighted by Gasteiger charge is 2.37. The molecule has 0 aliphatic carbocycles. The molecule has 0 unspecified atom stereocenters. The standard InChI is InChI=1S/C14H8FNO3/c15-11-3-1-2-4-12(11)16-13(18)9-6-5-8(17)7-10(9)14(16)19/h1-7,17H. The number of rotatable bonds is 1. The highest BCUT2D eigenvalue weighted by Crippen LogP contribution is 2.31. The van der Waals surface area contributed by atoms with E-state index in [2.05, 4.69) is 0 Å². The van der Waals surface area contributed by atoms with E-state index in [1.165, 1.54) is 36.4 Å². The van der Waals surface area contributed by atoms with Crippen LogP contribution in [0.15, 0.2) is 42.5 Å². The second-order valence-corrected chi connectivity index (χ2v) is 4.13. The average Bonchev–Trinajstić information content (AvgIpc) is 2.63. The summed E-state index contributed by atoms with van der Waals surface area (Å²) in [6.45, 7) is 0. The quantitative estimate of drug-likeness (QED) is 0.798. The van der Waals surface area contributed by atoms with Gasteiger partial charge in [0.2, 0.25) is 0 Å². The van der Waals surface area contributed by atoms with Gasteiger partial charge in [0.1, 0.15) is 11.6 Å². The predicted molar refractivity (Wildman–Crippen MR) is 65.6 cm³/mol. The largest absolute Gasteiger partial charge is 0.508 e. The molecule has 0 saturated heterocycles. The average molecular weight is 257 g/mol. The van der Waals surface area contributed by atoms with Crippen molar-refractivity contribution < 1.29 is 19.1 Å². The maximum atomic E-state index is 13.7. The number of halogens is 1. The first-order chi connectivity index (χ1) is 9.09. The Labute approximate surface area is 107 Å². The van der Waals surface area contributed by atoms with E-state index in [4.69, 9.17) is 0 Å². The van der Waals surface area contributed by atoms with Gasteiger partial charge in [0, 0.05) is 0 Å². The topological polar surface area (TPSA) is 57.6 Å². The summed E-state index contributed by atoms with van der Waals surface area (Å²) in [7, 11) is 0. The predicted octanol–water partition coefficient (Wildman–Crippen LogP) is 2.33. The molecule has 2 amide bonds. The summed E-state index contributed by atoms with van der Waals surface area (Å²) in [5.74, 6) is -2.00. The van der Waals surface area contributed by atoms with Crippen LogP contribution in [0.2, 0.25) is 0 Å². The maximum Gasteiger partial charge on any atom is 0.266 e. The summed E-state index contributed by atoms with van der Waals surface area (Å²) < 4.78 is 13.7. The summed E-state index contributed by atoms with van der Waals surface area (Å²) in [6, 6.07) is 9.42. The number of imide groups is 1. The lowest BCUT2D eigenvalue weighted by molar-refractivity contribution is 0.0924. The van der Waals surface area contributed by atoms with Crippen LogP contribution in [-0.2, 0) is 0 Å². The van der Waals surface area contributed by atoms with E-state index in [0.29, 0.717) is 0 Å². The zero-order valence-electron chi connectivity index (χ0n) is 9.63. The number of nitrogens with zero attached hydrogens (tertiary/aromatic N) is 1. The molecule has 0 fully saturated rings. The van der Waals surface area contributed by atoms with E-state index in [0.717, 1.165) is 4.90 Å². The Hall–Kier alpha value is -2.69. The van der Waals surface area contributed by atoms with Crippen molar-refractivity contribution in [1.82, 2.24) is 0 Å². The Balaban J connectivity index is 2.16. The van der Waals surface area contributed by atoms with Crippen molar-refractivity contribution in [2.75, 3.05) is 4.90 Å². The summed E-state index contributed by atoms with van der Waals surface area (Å²) in [4.78, 5) is 25.0. The lowest BCUT2D eigenvalue weighted by Crippen LogP contribution is -2.30. The third-order valence-electron chi connectivity index (χ3n) is 2.96. The fraction of sp³-hybridized carbons (Fsp3) is 0. The van der Waals surface area contributed by atoms with Crippen LogP contribution in [-0.4, -0.2) is 16.9 Å². The van der Waals surface area contributed by atoms with Crippen LogP contribution in [0.3, 0.4) is 0 Å². The molecule has 0 aromatic heterocycles. The molecular weight excluding hydrogens is 249 g/mol. The summed E-state index contributed by atoms with van der Waals surface area (Å²) >= 11 is 0. The fourth-order valence-electron chi connectivity index (χ4n) is 2.08. The number of hydrogen-bond donors (Lipinski definition) is 1. The first kappa shape index (κ1) is 11.4. The number of aromatic hydroxyl groups is 1. The Morgan fingerprint density at radius 2 is 1.63 bits per heavy atom. The molecule has 2 aromatic carbocycles. The van der Waals surface area contributed by atoms with Crippen LogP contribution in [0, 0.1) is 5.82 Å². The molecule has 0 bridgehead atoms. The van der Waals surface area contributed by atoms with Crippen LogP contribution >= 0.6 is 0 Å². The number of benzene rings is 2. The monoisotopic (exact) mass is 257 g/mol. The summed E-state index contributed by atoms with van der Waals surface area (Å²) in [5.41, 5.74) is 0.146. The molecule has 0 atom stereocenters. The van der Waals surface area contributed by atoms with Gasteiger partial charge in [0.25, 0.3) is 11.8 Å². The number of phenolic OH excluding ortho intramolecular Hbond substituents is 1. The van der Waals surface area contributed by atoms with Crippen molar-refractivity contribution in [3.63, 3.8) is 0 Å². The lowest BCUT2D eigenvalue weighted by Gasteiger charge is -2.14. The van der Waals surface area contributed by atoms with Gasteiger partial charge in [-0.1, -0.05) is 12.1 Å². The minimum Gasteiger partial charge on any atom is -0.508 e. The van der Waals surface area contributed by atoms with Crippen molar-refractivity contribution in [1.29, 1.82) is 0 Å². The van der Waals surface area contributed by atoms with Gasteiger partial charge >= 0.3 is 0 Å². The number of anilines is 1. The Morgan fingerprint density at radius 3 is 2.37 bits per heavy atom. The Bertz CT molecular complexity index is 712. The normalized spacial score (nSPS) is 13.8. The first-order valence-corrected chi connectivity index (χ1v) is 5.56. The van der Waals surface area contributed by atoms with E-state index < -0.39 is 17.6 Å². The molecule has 0 spiro atoms. The van der Waals surface area contributed by atoms with Crippen molar-refractivity contribution in [3.8, 4) is 5.75 Å². The van der Waals surface area contributed by atoms with E-state index >= 15 is 0 Å². The van der Waals surface area contributed by atoms with Crippen molar-refractivity contribution in [2.45, 2.75) is 0 Å². The molecule has 1 aliphatic rings. The van der Waals surface area contributed by atoms with Gasteiger partial charge in [-0.2, -0.15) is 0 Å². The van der Waals surface area contributed by atoms with Crippen molar-refractivity contribution >= 4 is 17.5 Å². The van der Waals surface area contributed by atoms with E-state index in [1.807, 2.05) is 0 Å². The molecule has 4 nitrogen and oxygen atoms in total. The molecule has 1 heterocycles. The summed E-state index contributed by atoms with van der Waals surface area (Å²) in [6.07, 6.45) is 0. The van der Waals surface area contributed by atoms with Crippen LogP contribution in [0.1, 0.15) is 20.7 Å². The minimum absolute atomic E-state index is 0.0771. The van der Waals surface area contributed by atoms with Crippen LogP contribution in [0.4, 0.5) is 10.1 Å². The molecule has 0 radical (unpaired) electrons. The highest BCUT2D eigenvalue weighted by molar-refractivity contribution is 6.34. The fourth-order valence-corrected chi connectivity index (χ4v) is 2.08. The third kappa shape index (κ3) is 1.59. The Kier molecular flexibility index (Phi) is 2.35. The molecular formula is C14H8FNO3. The highest BCUT2D eigenvalue weighted by atomic mass is 19.1. The van der Waals surface area contributed by atoms with Crippen LogP contribution < -0.4 is 4.90 Å². The zero-order valence-corrected chi connectivity index (χ0v) is 9.63. The van der Waals surface area contributed by atoms with Gasteiger partial charge in [-0.15, -0.1) is 0 Å². The van der Waals surface area contributed by atoms with Gasteiger partial charge in [-0.05, 0) is 30.3 Å². The van der Waals surface area contributed by atoms with E-state index in [-0.39, 0.29) is 22.6 Å². The number of phenols is 1. The molecule has 19 heavy (non-hydrogen) atoms. The van der Waals surface area contributed by atoms with Gasteiger partial charge in [-0.3, -0.25) is 9.59 Å². The lowest BCUT2D eigenvalue weighted by atomic mass is 10.1. The van der Waals surface area contributed by atoms with Crippen LogP contribution in [0.5, 0.6) is 5.75 Å². The number of carbonyl (C=O) groups excluding carboxylic acids is 2. The molecule has 94 valence electrons. The first-order valence-electron chi connectivity index (χ1n) is 5.56. The maximum absolute atomic E-state index is 13.7. The zero-order chi connectivity index (χ0) is 13.6. The van der Waals surface area contributed by atoms with Gasteiger partial charge in [-0.25, -0.2) is 9.29 Å². The number of para-hydroxylation sites is 1. The molecule has 2 aromatic rings. The van der Waals surface area contributed by atoms with Crippen molar-refractivity contribution in [3.05, 3.63) is 59.4 Å². The third-order valence-corrected chi connectivity index (χ3v) is 2.96. The summed E-state index contributed by atoms with van der Waals surface area (Å²) in [5, 5.41) is 9.36. The number of carbonyl (C=O) groups is 2. The number of amides is 2. The Morgan fingerprint density at radius 1 is 0.947 bits per heavy atom. The molecule has 0 saturated carbocycles. The van der Waals surface area contributed by atoms with Crippen LogP contribution in [0.25, 0.3) is 0 Å². The SMILES string of the molecule is O=C1c2ccc(O)cc2C(=O)N1c1ccccc1F. The van der Waals surface area contributed by atoms with E-state index in [9.17, 15) is 19.1 Å². The minimum atomic E-state index is -0.652. The second kappa shape index (κ2) is 3.91.